The summed E-state index contributed by atoms with van der Waals surface area (Å²) >= 11 is 0. The van der Waals surface area contributed by atoms with Crippen LogP contribution < -0.4 is 0 Å². The second-order valence-corrected chi connectivity index (χ2v) is 15.2. The van der Waals surface area contributed by atoms with E-state index in [9.17, 15) is 9.59 Å². The average Bonchev–Trinajstić information content (AvgIpc) is 3.37. The lowest BCUT2D eigenvalue weighted by molar-refractivity contribution is -0.128. The van der Waals surface area contributed by atoms with E-state index >= 15 is 0 Å². The van der Waals surface area contributed by atoms with Gasteiger partial charge >= 0.3 is 0 Å². The Kier molecular flexibility index (Phi) is 6.77. The number of Topliss-reactive ketones (excluding diaryl/α,β-unsaturated/α-hetero) is 1. The molecule has 0 radical (unpaired) electrons. The topological polar surface area (TPSA) is 59.8 Å². The SMILES string of the molecule is CC(C)(C)[C@H](C[C@@H](O[Si](C)(C)C)C1=C(C(=O)N2CCCC2)C(=O)CC1)c1ccoc1. The molecule has 30 heavy (non-hydrogen) atoms. The van der Waals surface area contributed by atoms with Crippen LogP contribution in [0.3, 0.4) is 0 Å². The summed E-state index contributed by atoms with van der Waals surface area (Å²) in [7, 11) is -1.91. The number of rotatable bonds is 7. The zero-order chi connectivity index (χ0) is 22.1. The number of hydrogen-bond donors (Lipinski definition) is 0. The van der Waals surface area contributed by atoms with Crippen molar-refractivity contribution in [3.63, 3.8) is 0 Å². The van der Waals surface area contributed by atoms with E-state index in [-0.39, 0.29) is 29.1 Å². The normalized spacial score (nSPS) is 20.2. The first-order valence-electron chi connectivity index (χ1n) is 11.2. The highest BCUT2D eigenvalue weighted by Crippen LogP contribution is 2.43. The van der Waals surface area contributed by atoms with Crippen molar-refractivity contribution >= 4 is 20.0 Å². The van der Waals surface area contributed by atoms with Gasteiger partial charge < -0.3 is 13.7 Å². The van der Waals surface area contributed by atoms with E-state index in [2.05, 4.69) is 40.4 Å². The van der Waals surface area contributed by atoms with Crippen molar-refractivity contribution in [1.82, 2.24) is 4.90 Å². The van der Waals surface area contributed by atoms with Gasteiger partial charge in [-0.25, -0.2) is 0 Å². The number of hydrogen-bond acceptors (Lipinski definition) is 4. The quantitative estimate of drug-likeness (QED) is 0.434. The zero-order valence-electron chi connectivity index (χ0n) is 19.4. The van der Waals surface area contributed by atoms with E-state index < -0.39 is 8.32 Å². The second kappa shape index (κ2) is 8.83. The molecule has 5 nitrogen and oxygen atoms in total. The highest BCUT2D eigenvalue weighted by atomic mass is 28.4. The van der Waals surface area contributed by atoms with Crippen LogP contribution in [-0.2, 0) is 14.0 Å². The summed E-state index contributed by atoms with van der Waals surface area (Å²) in [6, 6.07) is 2.02. The van der Waals surface area contributed by atoms with Gasteiger partial charge in [-0.05, 0) is 73.9 Å². The van der Waals surface area contributed by atoms with Crippen LogP contribution in [0.25, 0.3) is 0 Å². The molecule has 3 rings (SSSR count). The van der Waals surface area contributed by atoms with Crippen LogP contribution in [0, 0.1) is 5.41 Å². The number of furan rings is 1. The molecule has 2 aliphatic rings. The lowest BCUT2D eigenvalue weighted by atomic mass is 9.73. The summed E-state index contributed by atoms with van der Waals surface area (Å²) < 4.78 is 12.0. The van der Waals surface area contributed by atoms with Crippen LogP contribution in [0.2, 0.25) is 19.6 Å². The summed E-state index contributed by atoms with van der Waals surface area (Å²) in [4.78, 5) is 27.9. The first-order chi connectivity index (χ1) is 14.0. The van der Waals surface area contributed by atoms with Gasteiger partial charge in [0.25, 0.3) is 5.91 Å². The lowest BCUT2D eigenvalue weighted by Crippen LogP contribution is -2.37. The molecule has 2 heterocycles. The molecule has 1 aromatic heterocycles. The standard InChI is InChI=1S/C24H37NO4Si/c1-24(2,3)19(17-11-14-28-16-17)15-21(29-30(4,5)6)18-9-10-20(26)22(18)23(27)25-12-7-8-13-25/h11,14,16,19,21H,7-10,12-13,15H2,1-6H3/t19-,21-/m1/s1. The van der Waals surface area contributed by atoms with E-state index in [4.69, 9.17) is 8.84 Å². The zero-order valence-corrected chi connectivity index (χ0v) is 20.4. The number of carbonyl (C=O) groups is 2. The Hall–Kier alpha value is -1.66. The second-order valence-electron chi connectivity index (χ2n) is 10.8. The fourth-order valence-corrected chi connectivity index (χ4v) is 5.79. The van der Waals surface area contributed by atoms with Crippen molar-refractivity contribution < 1.29 is 18.4 Å². The minimum absolute atomic E-state index is 0.00673. The van der Waals surface area contributed by atoms with Gasteiger partial charge in [0.1, 0.15) is 0 Å². The molecule has 1 saturated heterocycles. The highest BCUT2D eigenvalue weighted by Gasteiger charge is 2.40. The fourth-order valence-electron chi connectivity index (χ4n) is 4.70. The van der Waals surface area contributed by atoms with Crippen molar-refractivity contribution in [3.8, 4) is 0 Å². The molecule has 6 heteroatoms. The summed E-state index contributed by atoms with van der Waals surface area (Å²) in [6.07, 6.45) is 7.13. The van der Waals surface area contributed by atoms with Crippen LogP contribution in [-0.4, -0.2) is 44.1 Å². The largest absolute Gasteiger partial charge is 0.472 e. The van der Waals surface area contributed by atoms with Crippen molar-refractivity contribution in [2.45, 2.75) is 84.5 Å². The third kappa shape index (κ3) is 5.33. The number of ketones is 1. The average molecular weight is 432 g/mol. The summed E-state index contributed by atoms with van der Waals surface area (Å²) in [5.41, 5.74) is 2.48. The predicted molar refractivity (Wildman–Crippen MR) is 121 cm³/mol. The van der Waals surface area contributed by atoms with Crippen LogP contribution in [0.1, 0.15) is 64.4 Å². The molecule has 1 aliphatic heterocycles. The van der Waals surface area contributed by atoms with Gasteiger partial charge in [-0.15, -0.1) is 0 Å². The van der Waals surface area contributed by atoms with Crippen LogP contribution >= 0.6 is 0 Å². The van der Waals surface area contributed by atoms with E-state index in [1.54, 1.807) is 6.26 Å². The Bertz CT molecular complexity index is 792. The van der Waals surface area contributed by atoms with Gasteiger partial charge in [-0.1, -0.05) is 20.8 Å². The molecule has 0 unspecified atom stereocenters. The molecule has 2 atom stereocenters. The minimum atomic E-state index is -1.91. The Labute approximate surface area is 182 Å². The molecule has 1 amide bonds. The molecule has 1 fully saturated rings. The third-order valence-corrected chi connectivity index (χ3v) is 7.15. The molecule has 166 valence electrons. The minimum Gasteiger partial charge on any atom is -0.472 e. The molecular weight excluding hydrogens is 394 g/mol. The molecule has 0 saturated carbocycles. The Morgan fingerprint density at radius 1 is 1.20 bits per heavy atom. The van der Waals surface area contributed by atoms with Crippen LogP contribution in [0.5, 0.6) is 0 Å². The van der Waals surface area contributed by atoms with E-state index in [0.29, 0.717) is 18.4 Å². The van der Waals surface area contributed by atoms with Crippen LogP contribution in [0.4, 0.5) is 0 Å². The van der Waals surface area contributed by atoms with E-state index in [1.165, 1.54) is 0 Å². The number of amides is 1. The molecule has 1 aliphatic carbocycles. The maximum atomic E-state index is 13.2. The maximum Gasteiger partial charge on any atom is 0.257 e. The van der Waals surface area contributed by atoms with Crippen molar-refractivity contribution in [3.05, 3.63) is 35.3 Å². The van der Waals surface area contributed by atoms with Gasteiger partial charge in [0.05, 0.1) is 24.2 Å². The smallest absolute Gasteiger partial charge is 0.257 e. The molecule has 0 N–H and O–H groups in total. The predicted octanol–water partition coefficient (Wildman–Crippen LogP) is 5.30. The van der Waals surface area contributed by atoms with E-state index in [0.717, 1.165) is 43.5 Å². The molecule has 0 aromatic carbocycles. The van der Waals surface area contributed by atoms with Crippen molar-refractivity contribution in [2.75, 3.05) is 13.1 Å². The number of likely N-dealkylation sites (tertiary alicyclic amines) is 1. The number of carbonyl (C=O) groups excluding carboxylic acids is 2. The summed E-state index contributed by atoms with van der Waals surface area (Å²) in [5, 5.41) is 0. The first kappa shape index (κ1) is 23.0. The van der Waals surface area contributed by atoms with Gasteiger partial charge in [-0.3, -0.25) is 9.59 Å². The van der Waals surface area contributed by atoms with Gasteiger partial charge in [0.2, 0.25) is 0 Å². The van der Waals surface area contributed by atoms with Gasteiger partial charge in [0, 0.05) is 19.5 Å². The Morgan fingerprint density at radius 2 is 1.87 bits per heavy atom. The van der Waals surface area contributed by atoms with Gasteiger partial charge in [0.15, 0.2) is 14.1 Å². The van der Waals surface area contributed by atoms with Gasteiger partial charge in [-0.2, -0.15) is 0 Å². The summed E-state index contributed by atoms with van der Waals surface area (Å²) in [5.74, 6) is 0.107. The first-order valence-corrected chi connectivity index (χ1v) is 14.6. The number of nitrogens with zero attached hydrogens (tertiary/aromatic N) is 1. The van der Waals surface area contributed by atoms with Crippen LogP contribution in [0.15, 0.2) is 34.2 Å². The molecule has 0 spiro atoms. The third-order valence-electron chi connectivity index (χ3n) is 6.15. The Morgan fingerprint density at radius 3 is 2.40 bits per heavy atom. The molecule has 0 bridgehead atoms. The lowest BCUT2D eigenvalue weighted by Gasteiger charge is -2.36. The highest BCUT2D eigenvalue weighted by molar-refractivity contribution is 6.69. The Balaban J connectivity index is 1.99. The van der Waals surface area contributed by atoms with E-state index in [1.807, 2.05) is 17.2 Å². The van der Waals surface area contributed by atoms with Crippen molar-refractivity contribution in [2.24, 2.45) is 5.41 Å². The summed E-state index contributed by atoms with van der Waals surface area (Å²) in [6.45, 7) is 14.7. The van der Waals surface area contributed by atoms with Crippen molar-refractivity contribution in [1.29, 1.82) is 0 Å². The maximum absolute atomic E-state index is 13.2. The molecular formula is C24H37NO4Si. The fraction of sp³-hybridized carbons (Fsp3) is 0.667. The molecule has 1 aromatic rings. The monoisotopic (exact) mass is 431 g/mol.